The first kappa shape index (κ1) is 14.1. The Labute approximate surface area is 119 Å². The monoisotopic (exact) mass is 269 g/mol. The molecule has 0 unspecified atom stereocenters. The van der Waals surface area contributed by atoms with Crippen LogP contribution < -0.4 is 4.74 Å². The second-order valence-electron chi connectivity index (χ2n) is 5.24. The van der Waals surface area contributed by atoms with Crippen LogP contribution in [0.15, 0.2) is 30.5 Å². The van der Waals surface area contributed by atoms with E-state index in [4.69, 9.17) is 4.74 Å². The summed E-state index contributed by atoms with van der Waals surface area (Å²) in [6.45, 7) is 8.06. The summed E-state index contributed by atoms with van der Waals surface area (Å²) in [4.78, 5) is 0. The van der Waals surface area contributed by atoms with E-state index >= 15 is 0 Å². The lowest BCUT2D eigenvalue weighted by molar-refractivity contribution is 0.242. The first-order chi connectivity index (χ1) is 9.52. The maximum absolute atomic E-state index is 9.28. The summed E-state index contributed by atoms with van der Waals surface area (Å²) < 4.78 is 7.59. The van der Waals surface area contributed by atoms with E-state index in [1.54, 1.807) is 6.20 Å². The third-order valence-corrected chi connectivity index (χ3v) is 2.92. The molecular weight excluding hydrogens is 250 g/mol. The van der Waals surface area contributed by atoms with Crippen molar-refractivity contribution in [3.8, 4) is 23.1 Å². The first-order valence-corrected chi connectivity index (χ1v) is 6.77. The zero-order valence-corrected chi connectivity index (χ0v) is 12.3. The summed E-state index contributed by atoms with van der Waals surface area (Å²) >= 11 is 0. The fourth-order valence-corrected chi connectivity index (χ4v) is 2.09. The molecule has 0 saturated carbocycles. The van der Waals surface area contributed by atoms with Crippen LogP contribution in [0.4, 0.5) is 0 Å². The minimum atomic E-state index is 0.0501. The highest BCUT2D eigenvalue weighted by Gasteiger charge is 2.12. The van der Waals surface area contributed by atoms with Crippen LogP contribution in [0.2, 0.25) is 0 Å². The number of rotatable bonds is 4. The van der Waals surface area contributed by atoms with Gasteiger partial charge < -0.3 is 4.74 Å². The van der Waals surface area contributed by atoms with Gasteiger partial charge in [-0.3, -0.25) is 4.68 Å². The van der Waals surface area contributed by atoms with E-state index in [-0.39, 0.29) is 12.1 Å². The molecule has 0 bridgehead atoms. The van der Waals surface area contributed by atoms with Gasteiger partial charge in [-0.05, 0) is 52.0 Å². The molecular formula is C16H19N3O. The van der Waals surface area contributed by atoms with Crippen molar-refractivity contribution >= 4 is 0 Å². The highest BCUT2D eigenvalue weighted by atomic mass is 16.5. The number of nitriles is 1. The van der Waals surface area contributed by atoms with Crippen LogP contribution in [0.3, 0.4) is 0 Å². The van der Waals surface area contributed by atoms with E-state index in [2.05, 4.69) is 25.0 Å². The summed E-state index contributed by atoms with van der Waals surface area (Å²) in [6, 6.07) is 10.1. The second-order valence-corrected chi connectivity index (χ2v) is 5.24. The molecule has 1 aromatic carbocycles. The maximum atomic E-state index is 9.28. The molecule has 2 rings (SSSR count). The molecule has 0 aliphatic heterocycles. The molecule has 104 valence electrons. The molecule has 0 radical (unpaired) electrons. The molecule has 0 fully saturated rings. The summed E-state index contributed by atoms with van der Waals surface area (Å²) in [7, 11) is 0. The Bertz CT molecular complexity index is 635. The molecule has 0 aliphatic rings. The predicted octanol–water partition coefficient (Wildman–Crippen LogP) is 3.79. The van der Waals surface area contributed by atoms with Crippen molar-refractivity contribution in [1.29, 1.82) is 5.26 Å². The van der Waals surface area contributed by atoms with Gasteiger partial charge in [0.05, 0.1) is 17.4 Å². The Morgan fingerprint density at radius 1 is 1.20 bits per heavy atom. The van der Waals surface area contributed by atoms with Crippen molar-refractivity contribution in [3.63, 3.8) is 0 Å². The van der Waals surface area contributed by atoms with Gasteiger partial charge in [-0.15, -0.1) is 0 Å². The van der Waals surface area contributed by atoms with Crippen molar-refractivity contribution in [3.05, 3.63) is 36.0 Å². The summed E-state index contributed by atoms with van der Waals surface area (Å²) in [6.07, 6.45) is 1.83. The fourth-order valence-electron chi connectivity index (χ4n) is 2.09. The third kappa shape index (κ3) is 2.83. The van der Waals surface area contributed by atoms with E-state index in [1.807, 2.05) is 42.8 Å². The van der Waals surface area contributed by atoms with Crippen molar-refractivity contribution < 1.29 is 4.74 Å². The van der Waals surface area contributed by atoms with Gasteiger partial charge in [0.15, 0.2) is 0 Å². The average Bonchev–Trinajstić information content (AvgIpc) is 2.88. The van der Waals surface area contributed by atoms with Gasteiger partial charge in [-0.25, -0.2) is 0 Å². The van der Waals surface area contributed by atoms with E-state index in [0.717, 1.165) is 11.3 Å². The first-order valence-electron chi connectivity index (χ1n) is 6.77. The van der Waals surface area contributed by atoms with Crippen LogP contribution in [-0.2, 0) is 0 Å². The number of ether oxygens (including phenoxy) is 1. The molecule has 2 aromatic rings. The number of hydrogen-bond donors (Lipinski definition) is 0. The summed E-state index contributed by atoms with van der Waals surface area (Å²) in [5.41, 5.74) is 2.53. The van der Waals surface area contributed by atoms with Crippen molar-refractivity contribution in [2.45, 2.75) is 39.8 Å². The lowest BCUT2D eigenvalue weighted by Crippen LogP contribution is -2.07. The van der Waals surface area contributed by atoms with Gasteiger partial charge in [-0.1, -0.05) is 0 Å². The van der Waals surface area contributed by atoms with Gasteiger partial charge >= 0.3 is 0 Å². The number of hydrogen-bond acceptors (Lipinski definition) is 3. The van der Waals surface area contributed by atoms with Crippen LogP contribution in [0.25, 0.3) is 11.3 Å². The number of nitrogens with zero attached hydrogens (tertiary/aromatic N) is 3. The molecule has 20 heavy (non-hydrogen) atoms. The molecule has 0 saturated heterocycles. The van der Waals surface area contributed by atoms with E-state index in [0.29, 0.717) is 11.3 Å². The fraction of sp³-hybridized carbons (Fsp3) is 0.375. The minimum absolute atomic E-state index is 0.0501. The zero-order chi connectivity index (χ0) is 14.7. The lowest BCUT2D eigenvalue weighted by Gasteiger charge is -2.14. The maximum Gasteiger partial charge on any atom is 0.137 e. The Morgan fingerprint density at radius 2 is 1.95 bits per heavy atom. The van der Waals surface area contributed by atoms with Gasteiger partial charge in [-0.2, -0.15) is 10.4 Å². The summed E-state index contributed by atoms with van der Waals surface area (Å²) in [5.74, 6) is 0.627. The number of aromatic nitrogens is 2. The standard InChI is InChI=1S/C16H19N3O/c1-11(2)19-15(7-8-18-19)13-5-6-16(20-12(3)4)14(9-13)10-17/h5-9,11-12H,1-4H3. The SMILES string of the molecule is CC(C)Oc1ccc(-c2ccnn2C(C)C)cc1C#N. The zero-order valence-electron chi connectivity index (χ0n) is 12.3. The lowest BCUT2D eigenvalue weighted by atomic mass is 10.1. The highest BCUT2D eigenvalue weighted by molar-refractivity contribution is 5.64. The molecule has 0 N–H and O–H groups in total. The Kier molecular flexibility index (Phi) is 4.09. The Balaban J connectivity index is 2.44. The molecule has 1 heterocycles. The molecule has 0 atom stereocenters. The largest absolute Gasteiger partial charge is 0.490 e. The molecule has 0 amide bonds. The van der Waals surface area contributed by atoms with Crippen LogP contribution in [0.5, 0.6) is 5.75 Å². The van der Waals surface area contributed by atoms with E-state index in [9.17, 15) is 5.26 Å². The van der Waals surface area contributed by atoms with Gasteiger partial charge in [0.2, 0.25) is 0 Å². The van der Waals surface area contributed by atoms with E-state index < -0.39 is 0 Å². The quantitative estimate of drug-likeness (QED) is 0.848. The highest BCUT2D eigenvalue weighted by Crippen LogP contribution is 2.28. The Hall–Kier alpha value is -2.28. The topological polar surface area (TPSA) is 50.8 Å². The smallest absolute Gasteiger partial charge is 0.137 e. The van der Waals surface area contributed by atoms with Gasteiger partial charge in [0.1, 0.15) is 11.8 Å². The molecule has 4 nitrogen and oxygen atoms in total. The van der Waals surface area contributed by atoms with E-state index in [1.165, 1.54) is 0 Å². The predicted molar refractivity (Wildman–Crippen MR) is 78.5 cm³/mol. The molecule has 4 heteroatoms. The van der Waals surface area contributed by atoms with Crippen LogP contribution in [0, 0.1) is 11.3 Å². The van der Waals surface area contributed by atoms with Gasteiger partial charge in [0.25, 0.3) is 0 Å². The molecule has 0 aliphatic carbocycles. The summed E-state index contributed by atoms with van der Waals surface area (Å²) in [5, 5.41) is 13.6. The normalized spacial score (nSPS) is 10.8. The van der Waals surface area contributed by atoms with Crippen LogP contribution in [-0.4, -0.2) is 15.9 Å². The van der Waals surface area contributed by atoms with Crippen LogP contribution in [0.1, 0.15) is 39.3 Å². The average molecular weight is 269 g/mol. The van der Waals surface area contributed by atoms with Crippen molar-refractivity contribution in [1.82, 2.24) is 9.78 Å². The molecule has 1 aromatic heterocycles. The number of benzene rings is 1. The van der Waals surface area contributed by atoms with Crippen LogP contribution >= 0.6 is 0 Å². The second kappa shape index (κ2) is 5.79. The van der Waals surface area contributed by atoms with Crippen molar-refractivity contribution in [2.75, 3.05) is 0 Å². The molecule has 0 spiro atoms. The van der Waals surface area contributed by atoms with Gasteiger partial charge in [0, 0.05) is 17.8 Å². The Morgan fingerprint density at radius 3 is 2.55 bits per heavy atom. The van der Waals surface area contributed by atoms with Crippen molar-refractivity contribution in [2.24, 2.45) is 0 Å². The minimum Gasteiger partial charge on any atom is -0.490 e. The third-order valence-electron chi connectivity index (χ3n) is 2.92.